The van der Waals surface area contributed by atoms with Crippen molar-refractivity contribution in [3.8, 4) is 11.3 Å². The SMILES string of the molecule is Cc1cc(-c2ccc(F)cc2)nc(Cl)n1. The first-order valence-electron chi connectivity index (χ1n) is 4.42. The Hall–Kier alpha value is -1.48. The summed E-state index contributed by atoms with van der Waals surface area (Å²) < 4.78 is 12.7. The Balaban J connectivity index is 2.49. The molecular weight excluding hydrogens is 215 g/mol. The second-order valence-corrected chi connectivity index (χ2v) is 3.51. The molecule has 0 atom stereocenters. The van der Waals surface area contributed by atoms with Gasteiger partial charge in [0.1, 0.15) is 5.82 Å². The third-order valence-electron chi connectivity index (χ3n) is 1.97. The van der Waals surface area contributed by atoms with E-state index in [1.807, 2.05) is 6.92 Å². The molecule has 1 aromatic heterocycles. The predicted molar refractivity (Wildman–Crippen MR) is 57.2 cm³/mol. The van der Waals surface area contributed by atoms with Crippen LogP contribution in [0.25, 0.3) is 11.3 Å². The molecule has 0 fully saturated rings. The lowest BCUT2D eigenvalue weighted by molar-refractivity contribution is 0.628. The Bertz CT molecular complexity index is 462. The van der Waals surface area contributed by atoms with Gasteiger partial charge in [-0.05, 0) is 48.9 Å². The molecule has 0 aliphatic heterocycles. The molecule has 1 aromatic carbocycles. The van der Waals surface area contributed by atoms with Crippen LogP contribution in [0.3, 0.4) is 0 Å². The average molecular weight is 223 g/mol. The molecule has 4 heteroatoms. The highest BCUT2D eigenvalue weighted by atomic mass is 35.5. The van der Waals surface area contributed by atoms with Crippen LogP contribution in [0, 0.1) is 12.7 Å². The van der Waals surface area contributed by atoms with E-state index >= 15 is 0 Å². The van der Waals surface area contributed by atoms with Crippen LogP contribution in [-0.2, 0) is 0 Å². The minimum atomic E-state index is -0.268. The fraction of sp³-hybridized carbons (Fsp3) is 0.0909. The summed E-state index contributed by atoms with van der Waals surface area (Å²) in [4.78, 5) is 8.02. The van der Waals surface area contributed by atoms with E-state index in [0.29, 0.717) is 5.69 Å². The summed E-state index contributed by atoms with van der Waals surface area (Å²) in [5.41, 5.74) is 2.31. The Morgan fingerprint density at radius 3 is 2.40 bits per heavy atom. The van der Waals surface area contributed by atoms with E-state index in [4.69, 9.17) is 11.6 Å². The standard InChI is InChI=1S/C11H8ClFN2/c1-7-6-10(15-11(12)14-7)8-2-4-9(13)5-3-8/h2-6H,1H3. The van der Waals surface area contributed by atoms with E-state index in [9.17, 15) is 4.39 Å². The van der Waals surface area contributed by atoms with Crippen LogP contribution >= 0.6 is 11.6 Å². The molecule has 76 valence electrons. The number of benzene rings is 1. The lowest BCUT2D eigenvalue weighted by atomic mass is 10.1. The highest BCUT2D eigenvalue weighted by Gasteiger charge is 2.02. The molecule has 0 saturated carbocycles. The zero-order chi connectivity index (χ0) is 10.8. The topological polar surface area (TPSA) is 25.8 Å². The number of aromatic nitrogens is 2. The van der Waals surface area contributed by atoms with Crippen LogP contribution in [0.2, 0.25) is 5.28 Å². The summed E-state index contributed by atoms with van der Waals surface area (Å²) in [6, 6.07) is 7.90. The largest absolute Gasteiger partial charge is 0.223 e. The van der Waals surface area contributed by atoms with E-state index in [-0.39, 0.29) is 11.1 Å². The molecule has 0 aliphatic carbocycles. The smallest absolute Gasteiger partial charge is 0.223 e. The first-order chi connectivity index (χ1) is 7.15. The Kier molecular flexibility index (Phi) is 2.64. The summed E-state index contributed by atoms with van der Waals surface area (Å²) in [5, 5.41) is 0.203. The minimum Gasteiger partial charge on any atom is -0.223 e. The molecule has 0 bridgehead atoms. The quantitative estimate of drug-likeness (QED) is 0.693. The molecule has 2 aromatic rings. The highest BCUT2D eigenvalue weighted by molar-refractivity contribution is 6.28. The van der Waals surface area contributed by atoms with Gasteiger partial charge in [-0.1, -0.05) is 0 Å². The summed E-state index contributed by atoms with van der Waals surface area (Å²) in [6.45, 7) is 1.83. The fourth-order valence-electron chi connectivity index (χ4n) is 1.30. The van der Waals surface area contributed by atoms with Gasteiger partial charge in [-0.3, -0.25) is 0 Å². The molecule has 0 spiro atoms. The maximum Gasteiger partial charge on any atom is 0.223 e. The van der Waals surface area contributed by atoms with Crippen molar-refractivity contribution in [2.45, 2.75) is 6.92 Å². The highest BCUT2D eigenvalue weighted by Crippen LogP contribution is 2.19. The molecule has 2 nitrogen and oxygen atoms in total. The molecule has 0 saturated heterocycles. The molecule has 15 heavy (non-hydrogen) atoms. The molecule has 1 heterocycles. The van der Waals surface area contributed by atoms with Gasteiger partial charge < -0.3 is 0 Å². The van der Waals surface area contributed by atoms with E-state index in [2.05, 4.69) is 9.97 Å². The van der Waals surface area contributed by atoms with Crippen LogP contribution in [-0.4, -0.2) is 9.97 Å². The Labute approximate surface area is 91.8 Å². The van der Waals surface area contributed by atoms with Crippen molar-refractivity contribution in [3.63, 3.8) is 0 Å². The Morgan fingerprint density at radius 1 is 1.13 bits per heavy atom. The lowest BCUT2D eigenvalue weighted by Gasteiger charge is -2.02. The van der Waals surface area contributed by atoms with Gasteiger partial charge in [0.25, 0.3) is 0 Å². The number of rotatable bonds is 1. The molecule has 0 radical (unpaired) electrons. The third-order valence-corrected chi connectivity index (χ3v) is 2.14. The molecule has 0 amide bonds. The van der Waals surface area contributed by atoms with Crippen molar-refractivity contribution >= 4 is 11.6 Å². The van der Waals surface area contributed by atoms with Crippen molar-refractivity contribution in [1.29, 1.82) is 0 Å². The summed E-state index contributed by atoms with van der Waals surface area (Å²) in [6.07, 6.45) is 0. The van der Waals surface area contributed by atoms with Gasteiger partial charge >= 0.3 is 0 Å². The first-order valence-corrected chi connectivity index (χ1v) is 4.80. The summed E-state index contributed by atoms with van der Waals surface area (Å²) in [5.74, 6) is -0.268. The van der Waals surface area contributed by atoms with E-state index < -0.39 is 0 Å². The van der Waals surface area contributed by atoms with Crippen molar-refractivity contribution in [2.24, 2.45) is 0 Å². The fourth-order valence-corrected chi connectivity index (χ4v) is 1.53. The van der Waals surface area contributed by atoms with Crippen LogP contribution in [0.4, 0.5) is 4.39 Å². The summed E-state index contributed by atoms with van der Waals surface area (Å²) >= 11 is 5.73. The van der Waals surface area contributed by atoms with Gasteiger partial charge in [-0.2, -0.15) is 0 Å². The predicted octanol–water partition coefficient (Wildman–Crippen LogP) is 3.24. The number of halogens is 2. The van der Waals surface area contributed by atoms with Crippen LogP contribution in [0.1, 0.15) is 5.69 Å². The lowest BCUT2D eigenvalue weighted by Crippen LogP contribution is -1.90. The van der Waals surface area contributed by atoms with Crippen molar-refractivity contribution in [2.75, 3.05) is 0 Å². The van der Waals surface area contributed by atoms with Gasteiger partial charge in [-0.25, -0.2) is 14.4 Å². The zero-order valence-electron chi connectivity index (χ0n) is 8.04. The minimum absolute atomic E-state index is 0.203. The number of hydrogen-bond donors (Lipinski definition) is 0. The summed E-state index contributed by atoms with van der Waals surface area (Å²) in [7, 11) is 0. The Morgan fingerprint density at radius 2 is 1.80 bits per heavy atom. The van der Waals surface area contributed by atoms with Gasteiger partial charge in [0.15, 0.2) is 0 Å². The van der Waals surface area contributed by atoms with E-state index in [0.717, 1.165) is 11.3 Å². The maximum absolute atomic E-state index is 12.7. The normalized spacial score (nSPS) is 10.3. The van der Waals surface area contributed by atoms with Crippen molar-refractivity contribution in [1.82, 2.24) is 9.97 Å². The second-order valence-electron chi connectivity index (χ2n) is 3.17. The molecule has 0 aliphatic rings. The number of nitrogens with zero attached hydrogens (tertiary/aromatic N) is 2. The maximum atomic E-state index is 12.7. The van der Waals surface area contributed by atoms with Gasteiger partial charge in [-0.15, -0.1) is 0 Å². The number of hydrogen-bond acceptors (Lipinski definition) is 2. The van der Waals surface area contributed by atoms with E-state index in [1.165, 1.54) is 12.1 Å². The first kappa shape index (κ1) is 10.1. The molecular formula is C11H8ClFN2. The van der Waals surface area contributed by atoms with Crippen LogP contribution < -0.4 is 0 Å². The van der Waals surface area contributed by atoms with Gasteiger partial charge in [0.05, 0.1) is 5.69 Å². The van der Waals surface area contributed by atoms with Gasteiger partial charge in [0, 0.05) is 11.3 Å². The average Bonchev–Trinajstić information content (AvgIpc) is 2.17. The van der Waals surface area contributed by atoms with Crippen molar-refractivity contribution < 1.29 is 4.39 Å². The second kappa shape index (κ2) is 3.95. The van der Waals surface area contributed by atoms with Crippen LogP contribution in [0.5, 0.6) is 0 Å². The molecule has 0 unspecified atom stereocenters. The number of aryl methyl sites for hydroxylation is 1. The van der Waals surface area contributed by atoms with Crippen molar-refractivity contribution in [3.05, 3.63) is 47.1 Å². The zero-order valence-corrected chi connectivity index (χ0v) is 8.79. The third kappa shape index (κ3) is 2.30. The van der Waals surface area contributed by atoms with Crippen LogP contribution in [0.15, 0.2) is 30.3 Å². The molecule has 0 N–H and O–H groups in total. The monoisotopic (exact) mass is 222 g/mol. The molecule has 2 rings (SSSR count). The van der Waals surface area contributed by atoms with E-state index in [1.54, 1.807) is 18.2 Å². The van der Waals surface area contributed by atoms with Gasteiger partial charge in [0.2, 0.25) is 5.28 Å².